The van der Waals surface area contributed by atoms with Crippen molar-refractivity contribution in [1.29, 1.82) is 0 Å². The summed E-state index contributed by atoms with van der Waals surface area (Å²) in [6, 6.07) is 7.36. The first kappa shape index (κ1) is 20.1. The van der Waals surface area contributed by atoms with Crippen LogP contribution in [0.3, 0.4) is 0 Å². The summed E-state index contributed by atoms with van der Waals surface area (Å²) in [4.78, 5) is 29.9. The topological polar surface area (TPSA) is 146 Å². The maximum Gasteiger partial charge on any atom is 0.326 e. The van der Waals surface area contributed by atoms with Crippen molar-refractivity contribution in [2.75, 3.05) is 18.5 Å². The molecule has 12 heteroatoms. The van der Waals surface area contributed by atoms with Gasteiger partial charge in [-0.1, -0.05) is 11.6 Å². The van der Waals surface area contributed by atoms with Crippen molar-refractivity contribution < 1.29 is 9.84 Å². The van der Waals surface area contributed by atoms with Crippen molar-refractivity contribution in [3.05, 3.63) is 62.5 Å². The Morgan fingerprint density at radius 3 is 2.81 bits per heavy atom. The highest BCUT2D eigenvalue weighted by atomic mass is 35.5. The van der Waals surface area contributed by atoms with Gasteiger partial charge in [-0.15, -0.1) is 0 Å². The Morgan fingerprint density at radius 2 is 2.09 bits per heavy atom. The van der Waals surface area contributed by atoms with Crippen LogP contribution >= 0.6 is 11.6 Å². The summed E-state index contributed by atoms with van der Waals surface area (Å²) in [6.07, 6.45) is 5.19. The van der Waals surface area contributed by atoms with Crippen LogP contribution in [-0.4, -0.2) is 53.9 Å². The number of aromatic hydroxyl groups is 1. The molecule has 4 N–H and O–H groups in total. The molecule has 1 fully saturated rings. The monoisotopic (exact) mass is 454 g/mol. The summed E-state index contributed by atoms with van der Waals surface area (Å²) in [5, 5.41) is 18.6. The highest BCUT2D eigenvalue weighted by Crippen LogP contribution is 2.22. The van der Waals surface area contributed by atoms with E-state index in [0.29, 0.717) is 46.4 Å². The van der Waals surface area contributed by atoms with Crippen LogP contribution in [-0.2, 0) is 0 Å². The number of imidazole rings is 1. The maximum absolute atomic E-state index is 11.4. The number of hydrogen-bond acceptors (Lipinski definition) is 8. The Labute approximate surface area is 185 Å². The minimum Gasteiger partial charge on any atom is -0.493 e. The number of nitrogens with zero attached hydrogens (tertiary/aromatic N) is 5. The molecule has 0 aliphatic heterocycles. The first-order valence-corrected chi connectivity index (χ1v) is 10.4. The van der Waals surface area contributed by atoms with E-state index in [1.165, 1.54) is 0 Å². The predicted octanol–water partition coefficient (Wildman–Crippen LogP) is 0.601. The normalized spacial score (nSPS) is 14.9. The molecular formula is C20H19ClN8O3. The van der Waals surface area contributed by atoms with Crippen LogP contribution in [0.25, 0.3) is 11.7 Å². The first-order valence-electron chi connectivity index (χ1n) is 10.00. The van der Waals surface area contributed by atoms with Crippen LogP contribution in [0.1, 0.15) is 18.5 Å². The number of hydrogen-bond donors (Lipinski definition) is 4. The zero-order chi connectivity index (χ0) is 22.1. The van der Waals surface area contributed by atoms with Gasteiger partial charge in [0.15, 0.2) is 5.65 Å². The number of nitrogens with one attached hydrogen (secondary N) is 3. The van der Waals surface area contributed by atoms with Crippen LogP contribution in [0.4, 0.5) is 5.95 Å². The van der Waals surface area contributed by atoms with Gasteiger partial charge in [0.2, 0.25) is 11.8 Å². The van der Waals surface area contributed by atoms with Crippen molar-refractivity contribution in [2.45, 2.75) is 18.9 Å². The van der Waals surface area contributed by atoms with Gasteiger partial charge in [-0.05, 0) is 43.2 Å². The largest absolute Gasteiger partial charge is 0.493 e. The number of benzene rings is 1. The van der Waals surface area contributed by atoms with Crippen molar-refractivity contribution in [1.82, 2.24) is 29.5 Å². The van der Waals surface area contributed by atoms with Gasteiger partial charge in [-0.3, -0.25) is 4.98 Å². The second-order valence-electron chi connectivity index (χ2n) is 7.26. The molecule has 0 bridgehead atoms. The van der Waals surface area contributed by atoms with E-state index in [-0.39, 0.29) is 17.6 Å². The first-order chi connectivity index (χ1) is 15.5. The van der Waals surface area contributed by atoms with Crippen molar-refractivity contribution in [3.8, 4) is 11.6 Å². The second-order valence-corrected chi connectivity index (χ2v) is 7.69. The van der Waals surface area contributed by atoms with E-state index in [1.54, 1.807) is 41.1 Å². The van der Waals surface area contributed by atoms with Crippen LogP contribution in [0.2, 0.25) is 5.02 Å². The summed E-state index contributed by atoms with van der Waals surface area (Å²) in [5.74, 6) is 0.826. The van der Waals surface area contributed by atoms with Crippen molar-refractivity contribution in [3.63, 3.8) is 0 Å². The predicted molar refractivity (Wildman–Crippen MR) is 117 cm³/mol. The van der Waals surface area contributed by atoms with Gasteiger partial charge in [0, 0.05) is 10.2 Å². The van der Waals surface area contributed by atoms with Gasteiger partial charge < -0.3 is 20.1 Å². The smallest absolute Gasteiger partial charge is 0.326 e. The number of halogens is 1. The highest BCUT2D eigenvalue weighted by Gasteiger charge is 2.21. The lowest BCUT2D eigenvalue weighted by molar-refractivity contribution is 0.332. The molecule has 0 amide bonds. The molecule has 32 heavy (non-hydrogen) atoms. The average molecular weight is 455 g/mol. The van der Waals surface area contributed by atoms with E-state index in [2.05, 4.69) is 35.3 Å². The third kappa shape index (κ3) is 4.42. The Hall–Kier alpha value is -3.86. The van der Waals surface area contributed by atoms with Crippen molar-refractivity contribution >= 4 is 29.3 Å². The number of anilines is 1. The fourth-order valence-electron chi connectivity index (χ4n) is 3.02. The molecule has 0 saturated heterocycles. The number of ether oxygens (including phenoxy) is 1. The van der Waals surface area contributed by atoms with E-state index in [9.17, 15) is 9.90 Å². The number of rotatable bonds is 7. The van der Waals surface area contributed by atoms with E-state index in [4.69, 9.17) is 16.3 Å². The molecule has 4 aromatic rings. The van der Waals surface area contributed by atoms with Gasteiger partial charge in [0.1, 0.15) is 18.1 Å². The molecule has 11 nitrogen and oxygen atoms in total. The van der Waals surface area contributed by atoms with E-state index in [1.807, 2.05) is 0 Å². The molecule has 0 atom stereocenters. The lowest BCUT2D eigenvalue weighted by Gasteiger charge is -2.08. The fraction of sp³-hybridized carbons (Fsp3) is 0.250. The Kier molecular flexibility index (Phi) is 5.23. The van der Waals surface area contributed by atoms with Gasteiger partial charge >= 0.3 is 5.69 Å². The zero-order valence-corrected chi connectivity index (χ0v) is 17.5. The molecule has 3 heterocycles. The molecule has 1 aliphatic rings. The third-order valence-electron chi connectivity index (χ3n) is 4.73. The Morgan fingerprint density at radius 1 is 1.28 bits per heavy atom. The van der Waals surface area contributed by atoms with E-state index >= 15 is 0 Å². The number of aromatic nitrogens is 6. The molecule has 1 aromatic carbocycles. The Balaban J connectivity index is 1.43. The lowest BCUT2D eigenvalue weighted by atomic mass is 10.3. The lowest BCUT2D eigenvalue weighted by Crippen LogP contribution is -2.25. The molecule has 0 unspecified atom stereocenters. The maximum atomic E-state index is 11.4. The zero-order valence-electron chi connectivity index (χ0n) is 16.7. The molecule has 1 aliphatic carbocycles. The Bertz CT molecular complexity index is 1440. The van der Waals surface area contributed by atoms with Gasteiger partial charge in [-0.2, -0.15) is 19.6 Å². The number of H-pyrrole nitrogens is 2. The number of fused-ring (bicyclic) bond motifs is 1. The van der Waals surface area contributed by atoms with Crippen LogP contribution in [0.5, 0.6) is 11.6 Å². The minimum atomic E-state index is -0.507. The van der Waals surface area contributed by atoms with Crippen molar-refractivity contribution in [2.24, 2.45) is 4.99 Å². The third-order valence-corrected chi connectivity index (χ3v) is 4.98. The van der Waals surface area contributed by atoms with E-state index < -0.39 is 5.69 Å². The molecule has 0 spiro atoms. The highest BCUT2D eigenvalue weighted by molar-refractivity contribution is 6.30. The molecule has 1 saturated carbocycles. The van der Waals surface area contributed by atoms with Crippen LogP contribution in [0.15, 0.2) is 40.2 Å². The summed E-state index contributed by atoms with van der Waals surface area (Å²) < 4.78 is 7.23. The summed E-state index contributed by atoms with van der Waals surface area (Å²) in [6.45, 7) is 0.850. The van der Waals surface area contributed by atoms with Crippen LogP contribution < -0.4 is 26.6 Å². The molecule has 3 aromatic heterocycles. The van der Waals surface area contributed by atoms with Gasteiger partial charge in [-0.25, -0.2) is 9.79 Å². The fourth-order valence-corrected chi connectivity index (χ4v) is 3.15. The van der Waals surface area contributed by atoms with Gasteiger partial charge in [0.25, 0.3) is 5.62 Å². The average Bonchev–Trinajstić information content (AvgIpc) is 3.41. The second kappa shape index (κ2) is 8.35. The summed E-state index contributed by atoms with van der Waals surface area (Å²) in [5.41, 5.74) is 0.648. The van der Waals surface area contributed by atoms with E-state index in [0.717, 1.165) is 12.8 Å². The molecule has 164 valence electrons. The summed E-state index contributed by atoms with van der Waals surface area (Å²) in [7, 11) is 0. The quantitative estimate of drug-likeness (QED) is 0.299. The van der Waals surface area contributed by atoms with Crippen LogP contribution in [0, 0.1) is 0 Å². The standard InChI is InChI=1S/C20H19ClN8O3/c21-12-1-5-14(6-2-12)32-8-7-22-18-26-16-11(9-15-17(30)27-20(31)25-15)10-23-29(16)19(28-18)24-13-3-4-13/h1-2,5-6,9-10,13,30H,3-4,7-8H2,(H,22,24,28)(H2,25,27,31). The number of aromatic amines is 2. The summed E-state index contributed by atoms with van der Waals surface area (Å²) >= 11 is 5.88. The SMILES string of the molecule is O=c1[nH]c(O)c(C=c2cnn3c(=NC4CC4)nc(NCCOc4ccc(Cl)cc4)nc23)[nH]1. The molecule has 0 radical (unpaired) electrons. The minimum absolute atomic E-state index is 0.232. The molecular weight excluding hydrogens is 436 g/mol. The van der Waals surface area contributed by atoms with Gasteiger partial charge in [0.05, 0.1) is 18.8 Å². The molecule has 5 rings (SSSR count).